The first-order valence-corrected chi connectivity index (χ1v) is 7.47. The van der Waals surface area contributed by atoms with Gasteiger partial charge in [0.25, 0.3) is 0 Å². The lowest BCUT2D eigenvalue weighted by molar-refractivity contribution is 0.388. The molecule has 0 radical (unpaired) electrons. The van der Waals surface area contributed by atoms with Gasteiger partial charge < -0.3 is 11.1 Å². The third-order valence-electron chi connectivity index (χ3n) is 2.91. The molecule has 0 spiro atoms. The Morgan fingerprint density at radius 1 is 1.60 bits per heavy atom. The number of hydrogen-bond donors (Lipinski definition) is 2. The summed E-state index contributed by atoms with van der Waals surface area (Å²) >= 11 is 3.87. The number of nitrogens with one attached hydrogen (secondary N) is 1. The van der Waals surface area contributed by atoms with Crippen molar-refractivity contribution in [2.45, 2.75) is 19.0 Å². The molecule has 0 saturated carbocycles. The van der Waals surface area contributed by atoms with Crippen molar-refractivity contribution in [3.05, 3.63) is 22.4 Å². The van der Waals surface area contributed by atoms with E-state index < -0.39 is 0 Å². The smallest absolute Gasteiger partial charge is 0.0302 e. The molecule has 1 fully saturated rings. The lowest BCUT2D eigenvalue weighted by Gasteiger charge is -2.22. The van der Waals surface area contributed by atoms with Crippen LogP contribution in [0.3, 0.4) is 0 Å². The van der Waals surface area contributed by atoms with Gasteiger partial charge in [0.2, 0.25) is 0 Å². The summed E-state index contributed by atoms with van der Waals surface area (Å²) in [5.74, 6) is 3.36. The zero-order valence-electron chi connectivity index (χ0n) is 8.82. The van der Waals surface area contributed by atoms with Crippen LogP contribution in [0.1, 0.15) is 11.3 Å². The molecule has 1 aromatic heterocycles. The highest BCUT2D eigenvalue weighted by Gasteiger charge is 2.23. The van der Waals surface area contributed by atoms with Crippen LogP contribution in [0.15, 0.2) is 17.5 Å². The molecule has 0 amide bonds. The van der Waals surface area contributed by atoms with Gasteiger partial charge in [-0.3, -0.25) is 0 Å². The molecule has 4 heteroatoms. The Morgan fingerprint density at radius 3 is 3.13 bits per heavy atom. The highest BCUT2D eigenvalue weighted by atomic mass is 32.2. The van der Waals surface area contributed by atoms with Gasteiger partial charge in [-0.15, -0.1) is 11.3 Å². The predicted octanol–water partition coefficient (Wildman–Crippen LogP) is 1.92. The van der Waals surface area contributed by atoms with Crippen molar-refractivity contribution < 1.29 is 0 Å². The van der Waals surface area contributed by atoms with Gasteiger partial charge in [-0.25, -0.2) is 0 Å². The highest BCUT2D eigenvalue weighted by molar-refractivity contribution is 7.99. The summed E-state index contributed by atoms with van der Waals surface area (Å²) in [7, 11) is 0. The van der Waals surface area contributed by atoms with Crippen LogP contribution < -0.4 is 11.1 Å². The first kappa shape index (κ1) is 11.5. The Kier molecular flexibility index (Phi) is 4.50. The average Bonchev–Trinajstić information content (AvgIpc) is 2.90. The first-order valence-electron chi connectivity index (χ1n) is 5.43. The van der Waals surface area contributed by atoms with Crippen molar-refractivity contribution in [2.75, 3.05) is 18.1 Å². The second-order valence-corrected chi connectivity index (χ2v) is 6.11. The summed E-state index contributed by atoms with van der Waals surface area (Å²) in [5.41, 5.74) is 5.82. The largest absolute Gasteiger partial charge is 0.329 e. The normalized spacial score (nSPS) is 23.1. The number of thioether (sulfide) groups is 1. The number of rotatable bonds is 5. The summed E-state index contributed by atoms with van der Waals surface area (Å²) in [5, 5.41) is 5.71. The van der Waals surface area contributed by atoms with Gasteiger partial charge in [0.1, 0.15) is 0 Å². The molecule has 2 nitrogen and oxygen atoms in total. The van der Waals surface area contributed by atoms with E-state index >= 15 is 0 Å². The number of hydrogen-bond acceptors (Lipinski definition) is 4. The van der Waals surface area contributed by atoms with Crippen molar-refractivity contribution in [1.29, 1.82) is 0 Å². The Balaban J connectivity index is 1.80. The minimum atomic E-state index is 0.502. The topological polar surface area (TPSA) is 38.0 Å². The zero-order valence-corrected chi connectivity index (χ0v) is 10.4. The molecule has 1 aliphatic rings. The van der Waals surface area contributed by atoms with Crippen LogP contribution >= 0.6 is 23.1 Å². The Hall–Kier alpha value is -0.0300. The van der Waals surface area contributed by atoms with Crippen LogP contribution in [0, 0.1) is 5.92 Å². The molecule has 1 aliphatic heterocycles. The Morgan fingerprint density at radius 2 is 2.53 bits per heavy atom. The lowest BCUT2D eigenvalue weighted by atomic mass is 9.99. The number of thiophene rings is 1. The molecule has 0 bridgehead atoms. The Labute approximate surface area is 99.6 Å². The molecule has 0 aliphatic carbocycles. The van der Waals surface area contributed by atoms with E-state index in [-0.39, 0.29) is 0 Å². The van der Waals surface area contributed by atoms with E-state index in [1.54, 1.807) is 0 Å². The van der Waals surface area contributed by atoms with E-state index in [1.165, 1.54) is 22.8 Å². The summed E-state index contributed by atoms with van der Waals surface area (Å²) < 4.78 is 0. The maximum Gasteiger partial charge on any atom is 0.0302 e. The van der Waals surface area contributed by atoms with E-state index in [0.29, 0.717) is 6.04 Å². The van der Waals surface area contributed by atoms with Crippen molar-refractivity contribution in [1.82, 2.24) is 5.32 Å². The zero-order chi connectivity index (χ0) is 10.5. The van der Waals surface area contributed by atoms with Crippen LogP contribution in [0.5, 0.6) is 0 Å². The fourth-order valence-electron chi connectivity index (χ4n) is 1.96. The molecule has 3 N–H and O–H groups in total. The van der Waals surface area contributed by atoms with Crippen molar-refractivity contribution >= 4 is 23.1 Å². The van der Waals surface area contributed by atoms with Crippen LogP contribution in [-0.2, 0) is 6.54 Å². The van der Waals surface area contributed by atoms with Crippen molar-refractivity contribution in [3.63, 3.8) is 0 Å². The van der Waals surface area contributed by atoms with Gasteiger partial charge in [0.05, 0.1) is 0 Å². The Bertz CT molecular complexity index is 268. The van der Waals surface area contributed by atoms with Crippen LogP contribution in [0.4, 0.5) is 0 Å². The summed E-state index contributed by atoms with van der Waals surface area (Å²) in [6, 6.07) is 4.78. The van der Waals surface area contributed by atoms with Gasteiger partial charge in [-0.05, 0) is 35.3 Å². The summed E-state index contributed by atoms with van der Waals surface area (Å²) in [6.07, 6.45) is 1.32. The van der Waals surface area contributed by atoms with Gasteiger partial charge in [-0.1, -0.05) is 6.07 Å². The third-order valence-corrected chi connectivity index (χ3v) is 4.97. The molecular weight excluding hydrogens is 224 g/mol. The third kappa shape index (κ3) is 3.21. The minimum Gasteiger partial charge on any atom is -0.329 e. The van der Waals surface area contributed by atoms with Gasteiger partial charge in [-0.2, -0.15) is 11.8 Å². The molecule has 1 aromatic rings. The molecule has 15 heavy (non-hydrogen) atoms. The van der Waals surface area contributed by atoms with E-state index in [2.05, 4.69) is 34.6 Å². The van der Waals surface area contributed by atoms with Gasteiger partial charge >= 0.3 is 0 Å². The molecule has 1 saturated heterocycles. The monoisotopic (exact) mass is 242 g/mol. The van der Waals surface area contributed by atoms with Crippen molar-refractivity contribution in [2.24, 2.45) is 11.7 Å². The van der Waals surface area contributed by atoms with Crippen LogP contribution in [0.25, 0.3) is 0 Å². The van der Waals surface area contributed by atoms with E-state index in [1.807, 2.05) is 11.3 Å². The molecule has 2 heterocycles. The highest BCUT2D eigenvalue weighted by Crippen LogP contribution is 2.26. The van der Waals surface area contributed by atoms with Crippen LogP contribution in [0.2, 0.25) is 0 Å². The van der Waals surface area contributed by atoms with Crippen LogP contribution in [-0.4, -0.2) is 24.1 Å². The fraction of sp³-hybridized carbons (Fsp3) is 0.636. The van der Waals surface area contributed by atoms with Gasteiger partial charge in [0.15, 0.2) is 0 Å². The van der Waals surface area contributed by atoms with Gasteiger partial charge in [0, 0.05) is 24.0 Å². The summed E-state index contributed by atoms with van der Waals surface area (Å²) in [4.78, 5) is 1.40. The molecule has 0 aromatic carbocycles. The van der Waals surface area contributed by atoms with E-state index in [4.69, 9.17) is 5.73 Å². The average molecular weight is 242 g/mol. The van der Waals surface area contributed by atoms with E-state index in [0.717, 1.165) is 19.0 Å². The summed E-state index contributed by atoms with van der Waals surface area (Å²) in [6.45, 7) is 1.73. The second-order valence-electron chi connectivity index (χ2n) is 3.93. The fourth-order valence-corrected chi connectivity index (χ4v) is 3.95. The quantitative estimate of drug-likeness (QED) is 0.828. The molecule has 84 valence electrons. The molecular formula is C11H18N2S2. The second kappa shape index (κ2) is 5.89. The first-order chi connectivity index (χ1) is 7.40. The SMILES string of the molecule is NCC(NCc1cccs1)C1CCSC1. The lowest BCUT2D eigenvalue weighted by Crippen LogP contribution is -2.41. The molecule has 2 unspecified atom stereocenters. The maximum atomic E-state index is 5.82. The van der Waals surface area contributed by atoms with E-state index in [9.17, 15) is 0 Å². The minimum absolute atomic E-state index is 0.502. The standard InChI is InChI=1S/C11H18N2S2/c12-6-11(9-3-5-14-8-9)13-7-10-2-1-4-15-10/h1-2,4,9,11,13H,3,5-8,12H2. The predicted molar refractivity (Wildman–Crippen MR) is 69.4 cm³/mol. The maximum absolute atomic E-state index is 5.82. The molecule has 2 rings (SSSR count). The number of nitrogens with two attached hydrogens (primary N) is 1. The molecule has 2 atom stereocenters. The van der Waals surface area contributed by atoms with Crippen molar-refractivity contribution in [3.8, 4) is 0 Å².